The average Bonchev–Trinajstić information content (AvgIpc) is 2.46. The zero-order chi connectivity index (χ0) is 14.4. The Morgan fingerprint density at radius 3 is 2.90 bits per heavy atom. The van der Waals surface area contributed by atoms with Gasteiger partial charge in [0.1, 0.15) is 12.4 Å². The number of halogens is 1. The SMILES string of the molecule is CCCNc1cc(-c2ccncc2F)nc(COC)n1. The normalized spacial score (nSPS) is 10.6. The van der Waals surface area contributed by atoms with Gasteiger partial charge in [0.2, 0.25) is 0 Å². The summed E-state index contributed by atoms with van der Waals surface area (Å²) in [5, 5.41) is 3.18. The molecule has 6 heteroatoms. The number of pyridine rings is 1. The van der Waals surface area contributed by atoms with E-state index in [1.165, 1.54) is 12.4 Å². The molecule has 106 valence electrons. The van der Waals surface area contributed by atoms with Gasteiger partial charge in [-0.15, -0.1) is 0 Å². The van der Waals surface area contributed by atoms with Crippen LogP contribution >= 0.6 is 0 Å². The van der Waals surface area contributed by atoms with Gasteiger partial charge in [0.05, 0.1) is 11.9 Å². The Morgan fingerprint density at radius 2 is 2.20 bits per heavy atom. The number of hydrogen-bond acceptors (Lipinski definition) is 5. The molecule has 0 amide bonds. The molecule has 0 atom stereocenters. The summed E-state index contributed by atoms with van der Waals surface area (Å²) in [7, 11) is 1.57. The van der Waals surface area contributed by atoms with Crippen LogP contribution in [0.1, 0.15) is 19.2 Å². The summed E-state index contributed by atoms with van der Waals surface area (Å²) in [5.74, 6) is 0.774. The minimum atomic E-state index is -0.406. The summed E-state index contributed by atoms with van der Waals surface area (Å²) in [4.78, 5) is 12.4. The van der Waals surface area contributed by atoms with Crippen LogP contribution < -0.4 is 5.32 Å². The van der Waals surface area contributed by atoms with Crippen LogP contribution in [0.4, 0.5) is 10.2 Å². The smallest absolute Gasteiger partial charge is 0.157 e. The summed E-state index contributed by atoms with van der Waals surface area (Å²) in [6, 6.07) is 3.32. The van der Waals surface area contributed by atoms with Crippen molar-refractivity contribution in [3.8, 4) is 11.3 Å². The van der Waals surface area contributed by atoms with E-state index < -0.39 is 5.82 Å². The monoisotopic (exact) mass is 276 g/mol. The van der Waals surface area contributed by atoms with Crippen LogP contribution in [0.2, 0.25) is 0 Å². The lowest BCUT2D eigenvalue weighted by atomic mass is 10.2. The molecule has 0 saturated heterocycles. The van der Waals surface area contributed by atoms with Crippen LogP contribution in [0.3, 0.4) is 0 Å². The van der Waals surface area contributed by atoms with Gasteiger partial charge in [0.25, 0.3) is 0 Å². The zero-order valence-electron chi connectivity index (χ0n) is 11.6. The maximum absolute atomic E-state index is 13.8. The largest absolute Gasteiger partial charge is 0.377 e. The summed E-state index contributed by atoms with van der Waals surface area (Å²) in [6.07, 6.45) is 3.69. The Hall–Kier alpha value is -2.08. The molecule has 1 N–H and O–H groups in total. The molecule has 0 fully saturated rings. The standard InChI is InChI=1S/C14H17FN4O/c1-3-5-17-13-7-12(18-14(19-13)9-20-2)10-4-6-16-8-11(10)15/h4,6-8H,3,5,9H2,1-2H3,(H,17,18,19). The topological polar surface area (TPSA) is 59.9 Å². The van der Waals surface area contributed by atoms with Crippen LogP contribution in [-0.4, -0.2) is 28.6 Å². The van der Waals surface area contributed by atoms with Gasteiger partial charge in [-0.25, -0.2) is 14.4 Å². The van der Waals surface area contributed by atoms with Crippen LogP contribution in [0.25, 0.3) is 11.3 Å². The van der Waals surface area contributed by atoms with Crippen molar-refractivity contribution < 1.29 is 9.13 Å². The molecule has 0 spiro atoms. The van der Waals surface area contributed by atoms with Crippen molar-refractivity contribution in [3.05, 3.63) is 36.2 Å². The predicted octanol–water partition coefficient (Wildman–Crippen LogP) is 2.65. The lowest BCUT2D eigenvalue weighted by Crippen LogP contribution is -2.07. The fraction of sp³-hybridized carbons (Fsp3) is 0.357. The maximum atomic E-state index is 13.8. The predicted molar refractivity (Wildman–Crippen MR) is 74.7 cm³/mol. The second kappa shape index (κ2) is 6.91. The number of nitrogens with one attached hydrogen (secondary N) is 1. The van der Waals surface area contributed by atoms with Gasteiger partial charge in [0, 0.05) is 31.5 Å². The van der Waals surface area contributed by atoms with Gasteiger partial charge in [-0.2, -0.15) is 0 Å². The van der Waals surface area contributed by atoms with Gasteiger partial charge in [0.15, 0.2) is 11.6 Å². The summed E-state index contributed by atoms with van der Waals surface area (Å²) in [6.45, 7) is 3.14. The van der Waals surface area contributed by atoms with E-state index in [2.05, 4.69) is 27.2 Å². The van der Waals surface area contributed by atoms with Gasteiger partial charge in [-0.3, -0.25) is 4.98 Å². The Morgan fingerprint density at radius 1 is 1.35 bits per heavy atom. The Balaban J connectivity index is 2.40. The lowest BCUT2D eigenvalue weighted by Gasteiger charge is -2.09. The molecule has 0 aromatic carbocycles. The first-order valence-corrected chi connectivity index (χ1v) is 6.45. The van der Waals surface area contributed by atoms with E-state index in [-0.39, 0.29) is 6.61 Å². The van der Waals surface area contributed by atoms with Crippen LogP contribution in [0.15, 0.2) is 24.5 Å². The lowest BCUT2D eigenvalue weighted by molar-refractivity contribution is 0.178. The molecule has 2 rings (SSSR count). The van der Waals surface area contributed by atoms with Crippen LogP contribution in [0, 0.1) is 5.82 Å². The third-order valence-electron chi connectivity index (χ3n) is 2.65. The first-order chi connectivity index (χ1) is 9.74. The fourth-order valence-corrected chi connectivity index (χ4v) is 1.76. The number of rotatable bonds is 6. The van der Waals surface area contributed by atoms with Gasteiger partial charge >= 0.3 is 0 Å². The Kier molecular flexibility index (Phi) is 4.95. The molecule has 5 nitrogen and oxygen atoms in total. The molecular formula is C14H17FN4O. The minimum Gasteiger partial charge on any atom is -0.377 e. The first-order valence-electron chi connectivity index (χ1n) is 6.45. The third-order valence-corrected chi connectivity index (χ3v) is 2.65. The van der Waals surface area contributed by atoms with Crippen molar-refractivity contribution in [1.29, 1.82) is 0 Å². The molecule has 2 aromatic rings. The third kappa shape index (κ3) is 3.48. The van der Waals surface area contributed by atoms with E-state index in [0.29, 0.717) is 22.9 Å². The fourth-order valence-electron chi connectivity index (χ4n) is 1.76. The van der Waals surface area contributed by atoms with Gasteiger partial charge < -0.3 is 10.1 Å². The molecule has 0 aliphatic heterocycles. The number of methoxy groups -OCH3 is 1. The molecular weight excluding hydrogens is 259 g/mol. The van der Waals surface area contributed by atoms with Crippen molar-refractivity contribution >= 4 is 5.82 Å². The van der Waals surface area contributed by atoms with E-state index in [4.69, 9.17) is 4.74 Å². The highest BCUT2D eigenvalue weighted by molar-refractivity contribution is 5.62. The second-order valence-electron chi connectivity index (χ2n) is 4.27. The highest BCUT2D eigenvalue weighted by atomic mass is 19.1. The van der Waals surface area contributed by atoms with E-state index in [9.17, 15) is 4.39 Å². The van der Waals surface area contributed by atoms with Crippen molar-refractivity contribution in [2.75, 3.05) is 19.0 Å². The van der Waals surface area contributed by atoms with Crippen molar-refractivity contribution in [2.45, 2.75) is 20.0 Å². The quantitative estimate of drug-likeness (QED) is 0.879. The first kappa shape index (κ1) is 14.3. The number of nitrogens with zero attached hydrogens (tertiary/aromatic N) is 3. The zero-order valence-corrected chi connectivity index (χ0v) is 11.6. The average molecular weight is 276 g/mol. The second-order valence-corrected chi connectivity index (χ2v) is 4.27. The highest BCUT2D eigenvalue weighted by Gasteiger charge is 2.10. The number of hydrogen-bond donors (Lipinski definition) is 1. The Labute approximate surface area is 117 Å². The van der Waals surface area contributed by atoms with E-state index in [0.717, 1.165) is 13.0 Å². The molecule has 0 radical (unpaired) electrons. The summed E-state index contributed by atoms with van der Waals surface area (Å²) in [5.41, 5.74) is 0.921. The molecule has 0 aliphatic rings. The molecule has 2 heterocycles. The maximum Gasteiger partial charge on any atom is 0.157 e. The summed E-state index contributed by atoms with van der Waals surface area (Å²) < 4.78 is 18.9. The van der Waals surface area contributed by atoms with Crippen LogP contribution in [-0.2, 0) is 11.3 Å². The molecule has 0 aliphatic carbocycles. The number of aromatic nitrogens is 3. The van der Waals surface area contributed by atoms with E-state index in [1.807, 2.05) is 0 Å². The number of anilines is 1. The Bertz CT molecular complexity index is 577. The molecule has 20 heavy (non-hydrogen) atoms. The van der Waals surface area contributed by atoms with Crippen LogP contribution in [0.5, 0.6) is 0 Å². The molecule has 2 aromatic heterocycles. The molecule has 0 saturated carbocycles. The highest BCUT2D eigenvalue weighted by Crippen LogP contribution is 2.22. The number of ether oxygens (including phenoxy) is 1. The van der Waals surface area contributed by atoms with Gasteiger partial charge in [-0.05, 0) is 12.5 Å². The van der Waals surface area contributed by atoms with Crippen molar-refractivity contribution in [3.63, 3.8) is 0 Å². The van der Waals surface area contributed by atoms with E-state index >= 15 is 0 Å². The van der Waals surface area contributed by atoms with Crippen molar-refractivity contribution in [2.24, 2.45) is 0 Å². The minimum absolute atomic E-state index is 0.279. The summed E-state index contributed by atoms with van der Waals surface area (Å²) >= 11 is 0. The van der Waals surface area contributed by atoms with Crippen molar-refractivity contribution in [1.82, 2.24) is 15.0 Å². The molecule has 0 bridgehead atoms. The molecule has 0 unspecified atom stereocenters. The van der Waals surface area contributed by atoms with E-state index in [1.54, 1.807) is 19.2 Å². The van der Waals surface area contributed by atoms with Gasteiger partial charge in [-0.1, -0.05) is 6.92 Å².